The second-order valence-electron chi connectivity index (χ2n) is 5.30. The largest absolute Gasteiger partial charge is 0.464 e. The lowest BCUT2D eigenvalue weighted by molar-refractivity contribution is 0.481. The highest BCUT2D eigenvalue weighted by Crippen LogP contribution is 2.31. The molecular weight excluding hydrogens is 272 g/mol. The summed E-state index contributed by atoms with van der Waals surface area (Å²) in [6.07, 6.45) is 0.803. The van der Waals surface area contributed by atoms with Crippen molar-refractivity contribution in [1.29, 1.82) is 0 Å². The molecule has 0 saturated heterocycles. The van der Waals surface area contributed by atoms with Crippen molar-refractivity contribution in [3.05, 3.63) is 52.4 Å². The Hall–Kier alpha value is -1.45. The van der Waals surface area contributed by atoms with Crippen LogP contribution < -0.4 is 10.6 Å². The molecule has 0 amide bonds. The van der Waals surface area contributed by atoms with Crippen LogP contribution in [-0.2, 0) is 13.0 Å². The quantitative estimate of drug-likeness (QED) is 0.912. The van der Waals surface area contributed by atoms with Crippen LogP contribution >= 0.6 is 11.6 Å². The first-order chi connectivity index (χ1) is 9.47. The predicted octanol–water partition coefficient (Wildman–Crippen LogP) is 3.77. The third kappa shape index (κ3) is 3.56. The van der Waals surface area contributed by atoms with E-state index in [4.69, 9.17) is 21.8 Å². The van der Waals surface area contributed by atoms with Crippen LogP contribution in [0.1, 0.15) is 24.0 Å². The van der Waals surface area contributed by atoms with Crippen molar-refractivity contribution in [3.63, 3.8) is 0 Å². The van der Waals surface area contributed by atoms with E-state index in [0.29, 0.717) is 6.54 Å². The molecule has 1 aromatic heterocycles. The Morgan fingerprint density at radius 2 is 2.05 bits per heavy atom. The van der Waals surface area contributed by atoms with Crippen molar-refractivity contribution in [3.8, 4) is 0 Å². The lowest BCUT2D eigenvalue weighted by atomic mass is 10.0. The van der Waals surface area contributed by atoms with Crippen molar-refractivity contribution in [2.75, 3.05) is 11.9 Å². The highest BCUT2D eigenvalue weighted by atomic mass is 35.5. The summed E-state index contributed by atoms with van der Waals surface area (Å²) in [5.41, 5.74) is 8.11. The van der Waals surface area contributed by atoms with Gasteiger partial charge in [-0.3, -0.25) is 0 Å². The average Bonchev–Trinajstić information content (AvgIpc) is 2.73. The van der Waals surface area contributed by atoms with Gasteiger partial charge in [0.2, 0.25) is 0 Å². The van der Waals surface area contributed by atoms with E-state index in [-0.39, 0.29) is 6.04 Å². The molecular formula is C16H21ClN2O. The molecule has 1 unspecified atom stereocenters. The molecule has 1 heterocycles. The van der Waals surface area contributed by atoms with E-state index in [1.807, 2.05) is 45.2 Å². The third-order valence-electron chi connectivity index (χ3n) is 3.18. The molecule has 2 rings (SSSR count). The molecule has 0 spiro atoms. The van der Waals surface area contributed by atoms with Crippen LogP contribution in [0.3, 0.4) is 0 Å². The number of hydrogen-bond acceptors (Lipinski definition) is 3. The van der Waals surface area contributed by atoms with Gasteiger partial charge >= 0.3 is 0 Å². The molecule has 0 saturated carbocycles. The molecule has 0 radical (unpaired) electrons. The van der Waals surface area contributed by atoms with Gasteiger partial charge in [-0.1, -0.05) is 23.7 Å². The molecule has 2 aromatic rings. The molecule has 0 aliphatic heterocycles. The lowest BCUT2D eigenvalue weighted by Crippen LogP contribution is -2.22. The monoisotopic (exact) mass is 292 g/mol. The number of aryl methyl sites for hydroxylation is 1. The SMILES string of the molecule is Cc1ccc(CN(C)c2c(Cl)cccc2CC(C)N)o1. The second kappa shape index (κ2) is 6.33. The molecule has 108 valence electrons. The summed E-state index contributed by atoms with van der Waals surface area (Å²) in [7, 11) is 2.02. The Labute approximate surface area is 125 Å². The molecule has 0 bridgehead atoms. The van der Waals surface area contributed by atoms with Gasteiger partial charge in [0.1, 0.15) is 11.5 Å². The van der Waals surface area contributed by atoms with Crippen LogP contribution in [0.2, 0.25) is 5.02 Å². The van der Waals surface area contributed by atoms with Crippen LogP contribution in [0.5, 0.6) is 0 Å². The maximum Gasteiger partial charge on any atom is 0.123 e. The fourth-order valence-electron chi connectivity index (χ4n) is 2.38. The first kappa shape index (κ1) is 14.9. The topological polar surface area (TPSA) is 42.4 Å². The summed E-state index contributed by atoms with van der Waals surface area (Å²) in [6.45, 7) is 4.63. The molecule has 0 aliphatic rings. The van der Waals surface area contributed by atoms with Crippen molar-refractivity contribution in [1.82, 2.24) is 0 Å². The number of hydrogen-bond donors (Lipinski definition) is 1. The van der Waals surface area contributed by atoms with E-state index in [1.165, 1.54) is 5.56 Å². The fourth-order valence-corrected chi connectivity index (χ4v) is 2.72. The Bertz CT molecular complexity index is 578. The van der Waals surface area contributed by atoms with Gasteiger partial charge in [0.05, 0.1) is 17.3 Å². The molecule has 4 heteroatoms. The number of para-hydroxylation sites is 1. The maximum absolute atomic E-state index is 6.37. The van der Waals surface area contributed by atoms with Crippen molar-refractivity contribution in [2.45, 2.75) is 32.9 Å². The summed E-state index contributed by atoms with van der Waals surface area (Å²) < 4.78 is 5.63. The minimum atomic E-state index is 0.103. The third-order valence-corrected chi connectivity index (χ3v) is 3.49. The summed E-state index contributed by atoms with van der Waals surface area (Å²) in [5.74, 6) is 1.85. The molecule has 1 aromatic carbocycles. The minimum Gasteiger partial charge on any atom is -0.464 e. The Morgan fingerprint density at radius 3 is 2.65 bits per heavy atom. The van der Waals surface area contributed by atoms with Gasteiger partial charge < -0.3 is 15.1 Å². The molecule has 0 fully saturated rings. The van der Waals surface area contributed by atoms with Crippen molar-refractivity contribution >= 4 is 17.3 Å². The van der Waals surface area contributed by atoms with E-state index in [0.717, 1.165) is 28.7 Å². The molecule has 20 heavy (non-hydrogen) atoms. The Kier molecular flexibility index (Phi) is 4.73. The zero-order valence-corrected chi connectivity index (χ0v) is 12.9. The van der Waals surface area contributed by atoms with Crippen LogP contribution in [0.4, 0.5) is 5.69 Å². The smallest absolute Gasteiger partial charge is 0.123 e. The average molecular weight is 293 g/mol. The number of benzene rings is 1. The standard InChI is InChI=1S/C16H21ClN2O/c1-11(18)9-13-5-4-6-15(17)16(13)19(3)10-14-8-7-12(2)20-14/h4-8,11H,9-10,18H2,1-3H3. The van der Waals surface area contributed by atoms with Gasteiger partial charge in [-0.2, -0.15) is 0 Å². The Balaban J connectivity index is 2.25. The summed E-state index contributed by atoms with van der Waals surface area (Å²) >= 11 is 6.37. The molecule has 2 N–H and O–H groups in total. The zero-order chi connectivity index (χ0) is 14.7. The van der Waals surface area contributed by atoms with E-state index in [1.54, 1.807) is 0 Å². The lowest BCUT2D eigenvalue weighted by Gasteiger charge is -2.23. The van der Waals surface area contributed by atoms with Gasteiger partial charge in [0.15, 0.2) is 0 Å². The van der Waals surface area contributed by atoms with Crippen molar-refractivity contribution < 1.29 is 4.42 Å². The number of rotatable bonds is 5. The number of nitrogens with zero attached hydrogens (tertiary/aromatic N) is 1. The molecule has 0 aliphatic carbocycles. The first-order valence-corrected chi connectivity index (χ1v) is 7.14. The van der Waals surface area contributed by atoms with Gasteiger partial charge in [-0.05, 0) is 44.0 Å². The predicted molar refractivity (Wildman–Crippen MR) is 84.4 cm³/mol. The molecule has 3 nitrogen and oxygen atoms in total. The van der Waals surface area contributed by atoms with E-state index < -0.39 is 0 Å². The van der Waals surface area contributed by atoms with Crippen LogP contribution in [-0.4, -0.2) is 13.1 Å². The summed E-state index contributed by atoms with van der Waals surface area (Å²) in [6, 6.07) is 10.0. The van der Waals surface area contributed by atoms with E-state index >= 15 is 0 Å². The van der Waals surface area contributed by atoms with Crippen LogP contribution in [0, 0.1) is 6.92 Å². The number of nitrogens with two attached hydrogens (primary N) is 1. The first-order valence-electron chi connectivity index (χ1n) is 6.77. The van der Waals surface area contributed by atoms with Gasteiger partial charge in [-0.15, -0.1) is 0 Å². The van der Waals surface area contributed by atoms with Gasteiger partial charge in [0.25, 0.3) is 0 Å². The van der Waals surface area contributed by atoms with Crippen LogP contribution in [0.25, 0.3) is 0 Å². The second-order valence-corrected chi connectivity index (χ2v) is 5.70. The molecule has 1 atom stereocenters. The van der Waals surface area contributed by atoms with Gasteiger partial charge in [0, 0.05) is 13.1 Å². The number of furan rings is 1. The summed E-state index contributed by atoms with van der Waals surface area (Å²) in [4.78, 5) is 2.11. The van der Waals surface area contributed by atoms with Gasteiger partial charge in [-0.25, -0.2) is 0 Å². The zero-order valence-electron chi connectivity index (χ0n) is 12.2. The summed E-state index contributed by atoms with van der Waals surface area (Å²) in [5, 5.41) is 0.744. The number of halogens is 1. The maximum atomic E-state index is 6.37. The normalized spacial score (nSPS) is 12.4. The van der Waals surface area contributed by atoms with E-state index in [2.05, 4.69) is 11.0 Å². The highest BCUT2D eigenvalue weighted by molar-refractivity contribution is 6.33. The van der Waals surface area contributed by atoms with E-state index in [9.17, 15) is 0 Å². The number of anilines is 1. The Morgan fingerprint density at radius 1 is 1.30 bits per heavy atom. The fraction of sp³-hybridized carbons (Fsp3) is 0.375. The minimum absolute atomic E-state index is 0.103. The van der Waals surface area contributed by atoms with Crippen molar-refractivity contribution in [2.24, 2.45) is 5.73 Å². The van der Waals surface area contributed by atoms with Crippen LogP contribution in [0.15, 0.2) is 34.7 Å². The highest BCUT2D eigenvalue weighted by Gasteiger charge is 2.14.